The van der Waals surface area contributed by atoms with Crippen molar-refractivity contribution >= 4 is 0 Å². The van der Waals surface area contributed by atoms with E-state index in [4.69, 9.17) is 5.73 Å². The number of hydrogen-bond acceptors (Lipinski definition) is 3. The molecule has 2 N–H and O–H groups in total. The number of halogens is 2. The molecule has 1 unspecified atom stereocenters. The van der Waals surface area contributed by atoms with Gasteiger partial charge < -0.3 is 5.73 Å². The van der Waals surface area contributed by atoms with Crippen molar-refractivity contribution in [1.82, 2.24) is 9.97 Å². The van der Waals surface area contributed by atoms with Gasteiger partial charge in [-0.1, -0.05) is 0 Å². The predicted octanol–water partition coefficient (Wildman–Crippen LogP) is 2.76. The van der Waals surface area contributed by atoms with Crippen molar-refractivity contribution < 1.29 is 8.78 Å². The molecule has 98 valence electrons. The highest BCUT2D eigenvalue weighted by Gasteiger charge is 2.19. The Hall–Kier alpha value is -1.88. The summed E-state index contributed by atoms with van der Waals surface area (Å²) in [5.41, 5.74) is 8.33. The SMILES string of the molecule is NC1CCCc2nc(-c3ccc(F)c(F)c3)ncc21. The first kappa shape index (κ1) is 12.2. The topological polar surface area (TPSA) is 51.8 Å². The van der Waals surface area contributed by atoms with Gasteiger partial charge in [0.05, 0.1) is 0 Å². The third-order valence-corrected chi connectivity index (χ3v) is 3.41. The third kappa shape index (κ3) is 2.21. The first-order chi connectivity index (χ1) is 9.15. The van der Waals surface area contributed by atoms with Crippen LogP contribution in [0.3, 0.4) is 0 Å². The van der Waals surface area contributed by atoms with Gasteiger partial charge in [0.15, 0.2) is 17.5 Å². The summed E-state index contributed by atoms with van der Waals surface area (Å²) in [5, 5.41) is 0. The van der Waals surface area contributed by atoms with E-state index in [-0.39, 0.29) is 6.04 Å². The largest absolute Gasteiger partial charge is 0.324 e. The minimum absolute atomic E-state index is 0.0252. The highest BCUT2D eigenvalue weighted by molar-refractivity contribution is 5.55. The highest BCUT2D eigenvalue weighted by Crippen LogP contribution is 2.28. The summed E-state index contributed by atoms with van der Waals surface area (Å²) in [6, 6.07) is 3.64. The molecule has 3 nitrogen and oxygen atoms in total. The van der Waals surface area contributed by atoms with Crippen LogP contribution in [0.5, 0.6) is 0 Å². The van der Waals surface area contributed by atoms with Crippen molar-refractivity contribution in [3.63, 3.8) is 0 Å². The fraction of sp³-hybridized carbons (Fsp3) is 0.286. The summed E-state index contributed by atoms with van der Waals surface area (Å²) in [6.07, 6.45) is 4.47. The number of fused-ring (bicyclic) bond motifs is 1. The Balaban J connectivity index is 2.04. The Kier molecular flexibility index (Phi) is 2.98. The number of hydrogen-bond donors (Lipinski definition) is 1. The molecule has 3 rings (SSSR count). The molecular weight excluding hydrogens is 248 g/mol. The van der Waals surface area contributed by atoms with Gasteiger partial charge in [-0.3, -0.25) is 0 Å². The van der Waals surface area contributed by atoms with E-state index in [0.717, 1.165) is 42.7 Å². The molecule has 1 aromatic heterocycles. The molecule has 19 heavy (non-hydrogen) atoms. The second kappa shape index (κ2) is 4.66. The molecule has 1 aliphatic carbocycles. The van der Waals surface area contributed by atoms with Crippen LogP contribution in [-0.4, -0.2) is 9.97 Å². The molecule has 0 amide bonds. The van der Waals surface area contributed by atoms with E-state index in [2.05, 4.69) is 9.97 Å². The minimum atomic E-state index is -0.893. The van der Waals surface area contributed by atoms with Crippen molar-refractivity contribution in [2.75, 3.05) is 0 Å². The van der Waals surface area contributed by atoms with Gasteiger partial charge in [-0.15, -0.1) is 0 Å². The normalized spacial score (nSPS) is 18.2. The summed E-state index contributed by atoms with van der Waals surface area (Å²) >= 11 is 0. The lowest BCUT2D eigenvalue weighted by atomic mass is 9.93. The number of rotatable bonds is 1. The summed E-state index contributed by atoms with van der Waals surface area (Å²) in [7, 11) is 0. The maximum atomic E-state index is 13.2. The fourth-order valence-electron chi connectivity index (χ4n) is 2.36. The van der Waals surface area contributed by atoms with Crippen LogP contribution in [-0.2, 0) is 6.42 Å². The van der Waals surface area contributed by atoms with Gasteiger partial charge in [-0.25, -0.2) is 18.7 Å². The van der Waals surface area contributed by atoms with E-state index in [0.29, 0.717) is 11.4 Å². The lowest BCUT2D eigenvalue weighted by Crippen LogP contribution is -2.19. The van der Waals surface area contributed by atoms with Crippen molar-refractivity contribution in [1.29, 1.82) is 0 Å². The van der Waals surface area contributed by atoms with E-state index >= 15 is 0 Å². The number of benzene rings is 1. The van der Waals surface area contributed by atoms with Crippen LogP contribution < -0.4 is 5.73 Å². The molecular formula is C14H13F2N3. The number of nitrogens with zero attached hydrogens (tertiary/aromatic N) is 2. The van der Waals surface area contributed by atoms with Crippen LogP contribution >= 0.6 is 0 Å². The maximum Gasteiger partial charge on any atom is 0.159 e. The van der Waals surface area contributed by atoms with Crippen LogP contribution in [0.25, 0.3) is 11.4 Å². The van der Waals surface area contributed by atoms with Crippen molar-refractivity contribution in [3.05, 3.63) is 47.3 Å². The number of aromatic nitrogens is 2. The molecule has 1 heterocycles. The standard InChI is InChI=1S/C14H13F2N3/c15-10-5-4-8(6-11(10)16)14-18-7-9-12(17)2-1-3-13(9)19-14/h4-7,12H,1-3,17H2. The lowest BCUT2D eigenvalue weighted by molar-refractivity contribution is 0.509. The monoisotopic (exact) mass is 261 g/mol. The molecule has 0 saturated carbocycles. The predicted molar refractivity (Wildman–Crippen MR) is 67.3 cm³/mol. The number of nitrogens with two attached hydrogens (primary N) is 1. The van der Waals surface area contributed by atoms with Gasteiger partial charge in [0.2, 0.25) is 0 Å². The second-order valence-electron chi connectivity index (χ2n) is 4.72. The first-order valence-electron chi connectivity index (χ1n) is 6.22. The van der Waals surface area contributed by atoms with Gasteiger partial charge >= 0.3 is 0 Å². The van der Waals surface area contributed by atoms with Crippen LogP contribution in [0.4, 0.5) is 8.78 Å². The average Bonchev–Trinajstić information content (AvgIpc) is 2.42. The van der Waals surface area contributed by atoms with Crippen molar-refractivity contribution in [2.24, 2.45) is 5.73 Å². The molecule has 1 atom stereocenters. The summed E-state index contributed by atoms with van der Waals surface area (Å²) in [6.45, 7) is 0. The zero-order chi connectivity index (χ0) is 13.4. The van der Waals surface area contributed by atoms with Gasteiger partial charge in [0.1, 0.15) is 0 Å². The molecule has 2 aromatic rings. The van der Waals surface area contributed by atoms with Crippen LogP contribution in [0.15, 0.2) is 24.4 Å². The Morgan fingerprint density at radius 1 is 1.21 bits per heavy atom. The number of aryl methyl sites for hydroxylation is 1. The van der Waals surface area contributed by atoms with Crippen LogP contribution in [0, 0.1) is 11.6 Å². The summed E-state index contributed by atoms with van der Waals surface area (Å²) in [5.74, 6) is -1.36. The summed E-state index contributed by atoms with van der Waals surface area (Å²) < 4.78 is 26.1. The first-order valence-corrected chi connectivity index (χ1v) is 6.22. The highest BCUT2D eigenvalue weighted by atomic mass is 19.2. The third-order valence-electron chi connectivity index (χ3n) is 3.41. The Labute approximate surface area is 109 Å². The van der Waals surface area contributed by atoms with E-state index in [1.165, 1.54) is 6.07 Å². The maximum absolute atomic E-state index is 13.2. The quantitative estimate of drug-likeness (QED) is 0.858. The Morgan fingerprint density at radius 2 is 2.05 bits per heavy atom. The molecule has 1 aromatic carbocycles. The van der Waals surface area contributed by atoms with E-state index in [9.17, 15) is 8.78 Å². The van der Waals surface area contributed by atoms with Crippen LogP contribution in [0.1, 0.15) is 30.1 Å². The molecule has 0 bridgehead atoms. The van der Waals surface area contributed by atoms with Gasteiger partial charge in [0, 0.05) is 29.1 Å². The van der Waals surface area contributed by atoms with E-state index < -0.39 is 11.6 Å². The second-order valence-corrected chi connectivity index (χ2v) is 4.72. The van der Waals surface area contributed by atoms with Crippen molar-refractivity contribution in [2.45, 2.75) is 25.3 Å². The Bertz CT molecular complexity index is 628. The van der Waals surface area contributed by atoms with Gasteiger partial charge in [-0.2, -0.15) is 0 Å². The van der Waals surface area contributed by atoms with E-state index in [1.54, 1.807) is 6.20 Å². The fourth-order valence-corrected chi connectivity index (χ4v) is 2.36. The summed E-state index contributed by atoms with van der Waals surface area (Å²) in [4.78, 5) is 8.63. The zero-order valence-electron chi connectivity index (χ0n) is 10.2. The van der Waals surface area contributed by atoms with E-state index in [1.807, 2.05) is 0 Å². The van der Waals surface area contributed by atoms with Crippen molar-refractivity contribution in [3.8, 4) is 11.4 Å². The van der Waals surface area contributed by atoms with Gasteiger partial charge in [0.25, 0.3) is 0 Å². The minimum Gasteiger partial charge on any atom is -0.324 e. The molecule has 1 aliphatic rings. The average molecular weight is 261 g/mol. The molecule has 0 spiro atoms. The smallest absolute Gasteiger partial charge is 0.159 e. The zero-order valence-corrected chi connectivity index (χ0v) is 10.2. The lowest BCUT2D eigenvalue weighted by Gasteiger charge is -2.21. The molecule has 0 radical (unpaired) electrons. The van der Waals surface area contributed by atoms with Crippen LogP contribution in [0.2, 0.25) is 0 Å². The Morgan fingerprint density at radius 3 is 2.84 bits per heavy atom. The van der Waals surface area contributed by atoms with Gasteiger partial charge in [-0.05, 0) is 37.5 Å². The molecule has 0 aliphatic heterocycles. The molecule has 0 saturated heterocycles. The molecule has 5 heteroatoms. The molecule has 0 fully saturated rings.